The number of piperidine rings is 2. The molecule has 9 rings (SSSR count). The van der Waals surface area contributed by atoms with Gasteiger partial charge in [-0.2, -0.15) is 0 Å². The normalized spacial score (nSPS) is 24.9. The molecule has 1 N–H and O–H groups in total. The molecule has 14 heteroatoms. The summed E-state index contributed by atoms with van der Waals surface area (Å²) >= 11 is 6.28. The van der Waals surface area contributed by atoms with Crippen LogP contribution in [0, 0.1) is 41.0 Å². The van der Waals surface area contributed by atoms with Gasteiger partial charge in [-0.15, -0.1) is 0 Å². The molecule has 60 heavy (non-hydrogen) atoms. The molecule has 1 aliphatic carbocycles. The first-order chi connectivity index (χ1) is 28.6. The van der Waals surface area contributed by atoms with Crippen LogP contribution >= 0.6 is 11.6 Å². The maximum absolute atomic E-state index is 15.5. The Hall–Kier alpha value is -5.76. The van der Waals surface area contributed by atoms with Crippen LogP contribution in [-0.4, -0.2) is 94.6 Å². The molecule has 0 bridgehead atoms. The predicted molar refractivity (Wildman–Crippen MR) is 220 cm³/mol. The molecule has 5 amide bonds. The van der Waals surface area contributed by atoms with E-state index < -0.39 is 46.3 Å². The van der Waals surface area contributed by atoms with Gasteiger partial charge in [0.2, 0.25) is 17.5 Å². The third-order valence-electron chi connectivity index (χ3n) is 13.5. The van der Waals surface area contributed by atoms with Crippen molar-refractivity contribution in [2.75, 3.05) is 31.1 Å². The van der Waals surface area contributed by atoms with Crippen LogP contribution in [-0.2, 0) is 16.1 Å². The summed E-state index contributed by atoms with van der Waals surface area (Å²) in [5.74, 6) is 4.34. The molecule has 3 saturated heterocycles. The van der Waals surface area contributed by atoms with E-state index in [0.29, 0.717) is 40.2 Å². The molecule has 3 aromatic rings. The van der Waals surface area contributed by atoms with Crippen LogP contribution in [0.1, 0.15) is 95.6 Å². The number of fused-ring (bicyclic) bond motifs is 2. The summed E-state index contributed by atoms with van der Waals surface area (Å²) in [6.45, 7) is 19.2. The van der Waals surface area contributed by atoms with Gasteiger partial charge in [-0.25, -0.2) is 9.24 Å². The summed E-state index contributed by atoms with van der Waals surface area (Å²) in [4.78, 5) is 75.1. The molecule has 12 nitrogen and oxygen atoms in total. The van der Waals surface area contributed by atoms with Crippen molar-refractivity contribution in [3.8, 4) is 17.6 Å². The number of carbonyl (C=O) groups excluding carboxylic acids is 5. The topological polar surface area (TPSA) is 124 Å². The fraction of sp³-hybridized carbons (Fsp3) is 0.435. The fourth-order valence-electron chi connectivity index (χ4n) is 10.8. The highest BCUT2D eigenvalue weighted by atomic mass is 35.5. The number of anilines is 1. The van der Waals surface area contributed by atoms with E-state index in [-0.39, 0.29) is 47.9 Å². The lowest BCUT2D eigenvalue weighted by atomic mass is 9.49. The maximum Gasteiger partial charge on any atom is 0.262 e. The molecule has 1 atom stereocenters. The minimum atomic E-state index is -0.998. The zero-order chi connectivity index (χ0) is 42.4. The molecule has 0 aromatic heterocycles. The van der Waals surface area contributed by atoms with Crippen LogP contribution in [0.3, 0.4) is 0 Å². The van der Waals surface area contributed by atoms with E-state index in [0.717, 1.165) is 55.2 Å². The Kier molecular flexibility index (Phi) is 9.56. The zero-order valence-corrected chi connectivity index (χ0v) is 34.6. The molecule has 5 aliphatic heterocycles. The predicted octanol–water partition coefficient (Wildman–Crippen LogP) is 6.22. The molecule has 0 spiro atoms. The summed E-state index contributed by atoms with van der Waals surface area (Å²) in [5.41, 5.74) is 2.28. The summed E-state index contributed by atoms with van der Waals surface area (Å²) in [7, 11) is 0. The number of carbonyl (C=O) groups is 5. The standard InChI is InChI=1S/C46H44ClFN6O6/c1-45(2)43(46(3,4)44(45)60-30-9-11-36(49-5)34(47)20-30)53-22-27-18-26(35(48)21-32(27)40(53)57)7-6-25-14-16-51(17-15-25)29-23-52(24-29)28-8-10-31-33(19-28)42(59)54(41(31)58)37-12-13-38(55)50-39(37)56/h8-11,18-21,25,29,37,43-44H,12-17,22-24H2,1-4H3,(H,50,55,56). The van der Waals surface area contributed by atoms with Gasteiger partial charge in [-0.3, -0.25) is 39.1 Å². The van der Waals surface area contributed by atoms with Crippen LogP contribution in [0.5, 0.6) is 5.75 Å². The van der Waals surface area contributed by atoms with Gasteiger partial charge in [-0.05, 0) is 80.4 Å². The third-order valence-corrected chi connectivity index (χ3v) is 13.8. The highest BCUT2D eigenvalue weighted by Crippen LogP contribution is 2.59. The lowest BCUT2D eigenvalue weighted by Gasteiger charge is -2.65. The van der Waals surface area contributed by atoms with Crippen molar-refractivity contribution in [2.45, 2.75) is 84.2 Å². The van der Waals surface area contributed by atoms with E-state index in [2.05, 4.69) is 59.5 Å². The summed E-state index contributed by atoms with van der Waals surface area (Å²) in [6.07, 6.45) is 1.63. The number of amides is 5. The van der Waals surface area contributed by atoms with Crippen LogP contribution < -0.4 is 15.0 Å². The van der Waals surface area contributed by atoms with Gasteiger partial charge < -0.3 is 14.5 Å². The molecule has 1 unspecified atom stereocenters. The molecule has 6 aliphatic rings. The van der Waals surface area contributed by atoms with Gasteiger partial charge in [0.15, 0.2) is 0 Å². The Bertz CT molecular complexity index is 2490. The van der Waals surface area contributed by atoms with Crippen molar-refractivity contribution in [3.05, 3.63) is 98.6 Å². The number of likely N-dealkylation sites (tertiary alicyclic amines) is 1. The summed E-state index contributed by atoms with van der Waals surface area (Å²) in [6, 6.07) is 12.4. The SMILES string of the molecule is [C-]#[N+]c1ccc(OC2C(C)(C)C(N3Cc4cc(C#CC5CCN(C6CN(c7ccc8c(c7)C(=O)N(C7CCC(=O)NC7=O)C8=O)C6)CC5)c(F)cc4C3=O)C2(C)C)cc1Cl. The first kappa shape index (κ1) is 39.7. The van der Waals surface area contributed by atoms with Crippen LogP contribution in [0.4, 0.5) is 15.8 Å². The second-order valence-corrected chi connectivity index (χ2v) is 18.4. The maximum atomic E-state index is 15.5. The average molecular weight is 831 g/mol. The lowest BCUT2D eigenvalue weighted by molar-refractivity contribution is -0.199. The van der Waals surface area contributed by atoms with E-state index in [4.69, 9.17) is 22.9 Å². The molecule has 5 heterocycles. The molecule has 308 valence electrons. The van der Waals surface area contributed by atoms with Gasteiger partial charge in [0.25, 0.3) is 17.7 Å². The minimum absolute atomic E-state index is 0.0716. The van der Waals surface area contributed by atoms with E-state index in [1.807, 2.05) is 11.0 Å². The first-order valence-electron chi connectivity index (χ1n) is 20.4. The quantitative estimate of drug-likeness (QED) is 0.177. The second-order valence-electron chi connectivity index (χ2n) is 18.0. The molecule has 3 aromatic carbocycles. The monoisotopic (exact) mass is 830 g/mol. The number of rotatable bonds is 6. The minimum Gasteiger partial charge on any atom is -0.489 e. The Balaban J connectivity index is 0.791. The highest BCUT2D eigenvalue weighted by molar-refractivity contribution is 6.33. The number of hydrogen-bond donors (Lipinski definition) is 1. The van der Waals surface area contributed by atoms with Crippen LogP contribution in [0.2, 0.25) is 5.02 Å². The molecular formula is C46H44ClFN6O6. The number of halogens is 2. The lowest BCUT2D eigenvalue weighted by Crippen LogP contribution is -2.74. The highest BCUT2D eigenvalue weighted by Gasteiger charge is 2.67. The fourth-order valence-corrected chi connectivity index (χ4v) is 11.0. The van der Waals surface area contributed by atoms with Crippen molar-refractivity contribution in [2.24, 2.45) is 16.7 Å². The summed E-state index contributed by atoms with van der Waals surface area (Å²) in [5, 5.41) is 2.55. The van der Waals surface area contributed by atoms with Crippen LogP contribution in [0.25, 0.3) is 4.85 Å². The van der Waals surface area contributed by atoms with Crippen molar-refractivity contribution in [1.29, 1.82) is 0 Å². The zero-order valence-electron chi connectivity index (χ0n) is 33.8. The Labute approximate surface area is 352 Å². The first-order valence-corrected chi connectivity index (χ1v) is 20.8. The Morgan fingerprint density at radius 1 is 0.883 bits per heavy atom. The van der Waals surface area contributed by atoms with Gasteiger partial charge in [0.1, 0.15) is 23.7 Å². The number of nitrogens with one attached hydrogen (secondary N) is 1. The largest absolute Gasteiger partial charge is 0.489 e. The van der Waals surface area contributed by atoms with Gasteiger partial charge in [0.05, 0.1) is 28.3 Å². The summed E-state index contributed by atoms with van der Waals surface area (Å²) < 4.78 is 22.0. The molecule has 0 radical (unpaired) electrons. The third kappa shape index (κ3) is 6.41. The second kappa shape index (κ2) is 14.5. The van der Waals surface area contributed by atoms with Gasteiger partial charge in [0, 0.05) is 66.1 Å². The number of imide groups is 2. The van der Waals surface area contributed by atoms with Crippen molar-refractivity contribution in [1.82, 2.24) is 20.0 Å². The van der Waals surface area contributed by atoms with E-state index >= 15 is 4.39 Å². The molecule has 4 fully saturated rings. The van der Waals surface area contributed by atoms with Gasteiger partial charge in [-0.1, -0.05) is 57.2 Å². The number of ether oxygens (including phenoxy) is 1. The van der Waals surface area contributed by atoms with E-state index in [1.165, 1.54) is 6.07 Å². The van der Waals surface area contributed by atoms with E-state index in [1.54, 1.807) is 36.4 Å². The van der Waals surface area contributed by atoms with Crippen molar-refractivity contribution >= 4 is 52.5 Å². The number of hydrogen-bond acceptors (Lipinski definition) is 8. The van der Waals surface area contributed by atoms with E-state index in [9.17, 15) is 24.0 Å². The molecule has 1 saturated carbocycles. The van der Waals surface area contributed by atoms with Gasteiger partial charge >= 0.3 is 0 Å². The van der Waals surface area contributed by atoms with Crippen molar-refractivity contribution in [3.63, 3.8) is 0 Å². The smallest absolute Gasteiger partial charge is 0.262 e. The number of nitrogens with zero attached hydrogens (tertiary/aromatic N) is 5. The number of benzene rings is 3. The Morgan fingerprint density at radius 2 is 1.60 bits per heavy atom. The average Bonchev–Trinajstić information content (AvgIpc) is 3.62. The van der Waals surface area contributed by atoms with Crippen molar-refractivity contribution < 1.29 is 33.1 Å². The van der Waals surface area contributed by atoms with Crippen LogP contribution in [0.15, 0.2) is 48.5 Å². The molecular weight excluding hydrogens is 787 g/mol. The Morgan fingerprint density at radius 3 is 2.28 bits per heavy atom.